The monoisotopic (exact) mass is 428 g/mol. The zero-order valence-electron chi connectivity index (χ0n) is 18.1. The number of aliphatic carboxylic acids is 1. The molecule has 0 amide bonds. The van der Waals surface area contributed by atoms with E-state index >= 15 is 0 Å². The van der Waals surface area contributed by atoms with E-state index in [-0.39, 0.29) is 25.4 Å². The molecule has 7 nitrogen and oxygen atoms in total. The molecule has 1 N–H and O–H groups in total. The second-order valence-electron chi connectivity index (χ2n) is 7.51. The number of rotatable bonds is 10. The van der Waals surface area contributed by atoms with Gasteiger partial charge in [-0.15, -0.1) is 0 Å². The van der Waals surface area contributed by atoms with Gasteiger partial charge < -0.3 is 19.3 Å². The highest BCUT2D eigenvalue weighted by atomic mass is 16.5. The summed E-state index contributed by atoms with van der Waals surface area (Å²) < 4.78 is 15.3. The molecule has 0 radical (unpaired) electrons. The van der Waals surface area contributed by atoms with E-state index in [1.807, 2.05) is 30.3 Å². The van der Waals surface area contributed by atoms with E-state index in [0.29, 0.717) is 13.0 Å². The van der Waals surface area contributed by atoms with Gasteiger partial charge in [-0.25, -0.2) is 0 Å². The molecule has 0 unspecified atom stereocenters. The molecule has 1 fully saturated rings. The number of ether oxygens (including phenoxy) is 3. The summed E-state index contributed by atoms with van der Waals surface area (Å²) >= 11 is 0. The first-order valence-electron chi connectivity index (χ1n) is 9.99. The number of carbonyl (C=O) groups excluding carboxylic acids is 2. The van der Waals surface area contributed by atoms with E-state index in [4.69, 9.17) is 19.3 Å². The lowest BCUT2D eigenvalue weighted by Crippen LogP contribution is -2.40. The molecule has 1 aliphatic rings. The average Bonchev–Trinajstić information content (AvgIpc) is 3.59. The van der Waals surface area contributed by atoms with Gasteiger partial charge in [0.2, 0.25) is 0 Å². The van der Waals surface area contributed by atoms with Crippen LogP contribution in [0, 0.1) is 29.1 Å². The van der Waals surface area contributed by atoms with Gasteiger partial charge in [0.25, 0.3) is 0 Å². The van der Waals surface area contributed by atoms with Crippen molar-refractivity contribution in [3.05, 3.63) is 47.5 Å². The van der Waals surface area contributed by atoms with Crippen LogP contribution < -0.4 is 0 Å². The SMILES string of the molecule is COC(=O)C(CC#CCOCc1ccccc1)(C/C=C(\C)[C@@H]1C[C@@H]1C(=O)O)C(=O)OC. The molecule has 0 aliphatic heterocycles. The third kappa shape index (κ3) is 6.43. The van der Waals surface area contributed by atoms with Crippen molar-refractivity contribution in [2.75, 3.05) is 20.8 Å². The first kappa shape index (κ1) is 24.2. The lowest BCUT2D eigenvalue weighted by molar-refractivity contribution is -0.168. The standard InChI is InChI=1S/C24H28O7/c1-17(19-15-20(19)21(25)26)11-13-24(22(27)29-2,23(28)30-3)12-7-8-14-31-16-18-9-5-4-6-10-18/h4-6,9-11,19-20H,12-16H2,1-3H3,(H,25,26)/b17-11+/t19-,20-/m0/s1. The van der Waals surface area contributed by atoms with Crippen molar-refractivity contribution < 1.29 is 33.7 Å². The van der Waals surface area contributed by atoms with Crippen LogP contribution in [0.25, 0.3) is 0 Å². The topological polar surface area (TPSA) is 99.1 Å². The van der Waals surface area contributed by atoms with Crippen LogP contribution in [-0.2, 0) is 35.2 Å². The Bertz CT molecular complexity index is 860. The predicted octanol–water partition coefficient (Wildman–Crippen LogP) is 2.99. The van der Waals surface area contributed by atoms with E-state index in [1.165, 1.54) is 14.2 Å². The molecule has 0 aromatic heterocycles. The van der Waals surface area contributed by atoms with Crippen molar-refractivity contribution in [2.45, 2.75) is 32.8 Å². The number of carboxylic acid groups (broad SMARTS) is 1. The van der Waals surface area contributed by atoms with Gasteiger partial charge in [-0.3, -0.25) is 14.4 Å². The molecule has 0 bridgehead atoms. The minimum absolute atomic E-state index is 0.0145. The second-order valence-corrected chi connectivity index (χ2v) is 7.51. The van der Waals surface area contributed by atoms with Crippen LogP contribution in [0.2, 0.25) is 0 Å². The number of benzene rings is 1. The lowest BCUT2D eigenvalue weighted by Gasteiger charge is -2.25. The molecule has 1 saturated carbocycles. The third-order valence-corrected chi connectivity index (χ3v) is 5.42. The Balaban J connectivity index is 2.06. The van der Waals surface area contributed by atoms with Crippen LogP contribution in [0.4, 0.5) is 0 Å². The van der Waals surface area contributed by atoms with E-state index < -0.39 is 29.2 Å². The van der Waals surface area contributed by atoms with Crippen molar-refractivity contribution >= 4 is 17.9 Å². The molecular formula is C24H28O7. The fourth-order valence-corrected chi connectivity index (χ4v) is 3.37. The number of carboxylic acids is 1. The Morgan fingerprint density at radius 3 is 2.29 bits per heavy atom. The minimum Gasteiger partial charge on any atom is -0.481 e. The molecule has 7 heteroatoms. The highest BCUT2D eigenvalue weighted by molar-refractivity contribution is 6.00. The number of allylic oxidation sites excluding steroid dienone is 2. The molecule has 31 heavy (non-hydrogen) atoms. The first-order chi connectivity index (χ1) is 14.9. The summed E-state index contributed by atoms with van der Waals surface area (Å²) in [6.45, 7) is 2.35. The molecule has 166 valence electrons. The number of carbonyl (C=O) groups is 3. The van der Waals surface area contributed by atoms with Gasteiger partial charge in [0.1, 0.15) is 6.61 Å². The molecule has 0 spiro atoms. The van der Waals surface area contributed by atoms with Gasteiger partial charge in [-0.05, 0) is 31.2 Å². The van der Waals surface area contributed by atoms with Gasteiger partial charge in [0.15, 0.2) is 5.41 Å². The molecule has 1 aromatic carbocycles. The summed E-state index contributed by atoms with van der Waals surface area (Å²) in [5.41, 5.74) is 0.219. The minimum atomic E-state index is -1.62. The van der Waals surface area contributed by atoms with Crippen molar-refractivity contribution in [3.63, 3.8) is 0 Å². The van der Waals surface area contributed by atoms with E-state index in [2.05, 4.69) is 11.8 Å². The first-order valence-corrected chi connectivity index (χ1v) is 9.99. The Labute approximate surface area is 182 Å². The van der Waals surface area contributed by atoms with Crippen LogP contribution in [0.3, 0.4) is 0 Å². The molecule has 0 heterocycles. The Morgan fingerprint density at radius 1 is 1.10 bits per heavy atom. The zero-order valence-corrected chi connectivity index (χ0v) is 18.1. The van der Waals surface area contributed by atoms with Crippen LogP contribution >= 0.6 is 0 Å². The summed E-state index contributed by atoms with van der Waals surface area (Å²) in [6, 6.07) is 9.64. The van der Waals surface area contributed by atoms with Crippen LogP contribution in [0.5, 0.6) is 0 Å². The van der Waals surface area contributed by atoms with Crippen molar-refractivity contribution in [3.8, 4) is 11.8 Å². The normalized spacial score (nSPS) is 17.8. The predicted molar refractivity (Wildman–Crippen MR) is 113 cm³/mol. The lowest BCUT2D eigenvalue weighted by atomic mass is 9.80. The van der Waals surface area contributed by atoms with Gasteiger partial charge >= 0.3 is 17.9 Å². The van der Waals surface area contributed by atoms with Crippen LogP contribution in [-0.4, -0.2) is 43.8 Å². The van der Waals surface area contributed by atoms with Gasteiger partial charge in [-0.1, -0.05) is 53.8 Å². The maximum absolute atomic E-state index is 12.6. The highest BCUT2D eigenvalue weighted by Crippen LogP contribution is 2.45. The number of methoxy groups -OCH3 is 2. The fourth-order valence-electron chi connectivity index (χ4n) is 3.37. The van der Waals surface area contributed by atoms with Crippen molar-refractivity contribution in [1.29, 1.82) is 0 Å². The van der Waals surface area contributed by atoms with Gasteiger partial charge in [0, 0.05) is 6.42 Å². The summed E-state index contributed by atoms with van der Waals surface area (Å²) in [6.07, 6.45) is 2.19. The number of esters is 2. The molecule has 2 atom stereocenters. The zero-order chi connectivity index (χ0) is 22.9. The second kappa shape index (κ2) is 11.3. The van der Waals surface area contributed by atoms with Gasteiger partial charge in [0.05, 0.1) is 26.7 Å². The van der Waals surface area contributed by atoms with E-state index in [0.717, 1.165) is 11.1 Å². The third-order valence-electron chi connectivity index (χ3n) is 5.42. The van der Waals surface area contributed by atoms with Crippen LogP contribution in [0.1, 0.15) is 31.7 Å². The van der Waals surface area contributed by atoms with E-state index in [1.54, 1.807) is 13.0 Å². The maximum Gasteiger partial charge on any atom is 0.324 e. The molecular weight excluding hydrogens is 400 g/mol. The quantitative estimate of drug-likeness (QED) is 0.201. The number of hydrogen-bond acceptors (Lipinski definition) is 6. The smallest absolute Gasteiger partial charge is 0.324 e. The Kier molecular flexibility index (Phi) is 8.83. The summed E-state index contributed by atoms with van der Waals surface area (Å²) in [7, 11) is 2.41. The molecule has 1 aliphatic carbocycles. The maximum atomic E-state index is 12.6. The van der Waals surface area contributed by atoms with Crippen molar-refractivity contribution in [1.82, 2.24) is 0 Å². The fraction of sp³-hybridized carbons (Fsp3) is 0.458. The molecule has 2 rings (SSSR count). The van der Waals surface area contributed by atoms with E-state index in [9.17, 15) is 14.4 Å². The average molecular weight is 428 g/mol. The van der Waals surface area contributed by atoms with Crippen molar-refractivity contribution in [2.24, 2.45) is 17.3 Å². The van der Waals surface area contributed by atoms with Gasteiger partial charge in [-0.2, -0.15) is 0 Å². The largest absolute Gasteiger partial charge is 0.481 e. The summed E-state index contributed by atoms with van der Waals surface area (Å²) in [5.74, 6) is 2.85. The summed E-state index contributed by atoms with van der Waals surface area (Å²) in [5, 5.41) is 9.11. The highest BCUT2D eigenvalue weighted by Gasteiger charge is 2.48. The van der Waals surface area contributed by atoms with Crippen LogP contribution in [0.15, 0.2) is 42.0 Å². The molecule has 0 saturated heterocycles. The Morgan fingerprint density at radius 2 is 1.74 bits per heavy atom. The summed E-state index contributed by atoms with van der Waals surface area (Å²) in [4.78, 5) is 36.2. The Hall–Kier alpha value is -3.11. The molecule has 1 aromatic rings. The number of hydrogen-bond donors (Lipinski definition) is 1.